The molecule has 2 heterocycles. The van der Waals surface area contributed by atoms with Crippen LogP contribution in [0.3, 0.4) is 0 Å². The molecule has 2 aliphatic heterocycles. The van der Waals surface area contributed by atoms with Crippen molar-refractivity contribution in [2.75, 3.05) is 19.6 Å². The number of hydrogen-bond donors (Lipinski definition) is 1. The molecule has 3 heteroatoms. The molecule has 0 radical (unpaired) electrons. The number of para-hydroxylation sites is 1. The van der Waals surface area contributed by atoms with E-state index < -0.39 is 0 Å². The summed E-state index contributed by atoms with van der Waals surface area (Å²) in [7, 11) is 0. The summed E-state index contributed by atoms with van der Waals surface area (Å²) >= 11 is 0. The van der Waals surface area contributed by atoms with Crippen LogP contribution in [0.5, 0.6) is 5.75 Å². The molecule has 0 unspecified atom stereocenters. The average molecular weight is 272 g/mol. The maximum atomic E-state index is 9.74. The van der Waals surface area contributed by atoms with Crippen molar-refractivity contribution >= 4 is 6.21 Å². The Labute approximate surface area is 121 Å². The van der Waals surface area contributed by atoms with E-state index in [2.05, 4.69) is 9.89 Å². The molecule has 0 aliphatic carbocycles. The fourth-order valence-corrected chi connectivity index (χ4v) is 3.67. The van der Waals surface area contributed by atoms with Crippen LogP contribution in [-0.4, -0.2) is 41.9 Å². The first-order valence-electron chi connectivity index (χ1n) is 7.86. The lowest BCUT2D eigenvalue weighted by atomic mass is 9.83. The van der Waals surface area contributed by atoms with Crippen molar-refractivity contribution in [2.45, 2.75) is 38.1 Å². The van der Waals surface area contributed by atoms with Crippen LogP contribution < -0.4 is 0 Å². The Kier molecular flexibility index (Phi) is 4.36. The first-order valence-corrected chi connectivity index (χ1v) is 7.86. The summed E-state index contributed by atoms with van der Waals surface area (Å²) in [5, 5.41) is 9.74. The lowest BCUT2D eigenvalue weighted by molar-refractivity contribution is 0.0635. The minimum Gasteiger partial charge on any atom is -0.507 e. The number of nitrogens with zero attached hydrogens (tertiary/aromatic N) is 2. The van der Waals surface area contributed by atoms with Gasteiger partial charge in [-0.05, 0) is 56.8 Å². The molecule has 0 amide bonds. The van der Waals surface area contributed by atoms with Crippen molar-refractivity contribution in [3.8, 4) is 5.75 Å². The van der Waals surface area contributed by atoms with Crippen molar-refractivity contribution in [2.24, 2.45) is 10.9 Å². The van der Waals surface area contributed by atoms with E-state index in [1.165, 1.54) is 45.2 Å². The SMILES string of the molecule is Oc1ccccc1C=NC[C@H]1CCCN2CCCC[C@H]12. The van der Waals surface area contributed by atoms with Gasteiger partial charge >= 0.3 is 0 Å². The van der Waals surface area contributed by atoms with E-state index in [1.807, 2.05) is 24.4 Å². The second-order valence-electron chi connectivity index (χ2n) is 6.05. The molecule has 0 spiro atoms. The lowest BCUT2D eigenvalue weighted by Crippen LogP contribution is -2.48. The number of hydrogen-bond acceptors (Lipinski definition) is 3. The largest absolute Gasteiger partial charge is 0.507 e. The van der Waals surface area contributed by atoms with Gasteiger partial charge in [0, 0.05) is 24.4 Å². The number of piperidine rings is 2. The predicted octanol–water partition coefficient (Wildman–Crippen LogP) is 3.08. The summed E-state index contributed by atoms with van der Waals surface area (Å²) in [4.78, 5) is 7.28. The Morgan fingerprint density at radius 1 is 1.15 bits per heavy atom. The van der Waals surface area contributed by atoms with Crippen LogP contribution in [0.1, 0.15) is 37.7 Å². The van der Waals surface area contributed by atoms with Gasteiger partial charge in [-0.1, -0.05) is 18.6 Å². The summed E-state index contributed by atoms with van der Waals surface area (Å²) in [6.45, 7) is 3.46. The number of aliphatic imine (C=N–C) groups is 1. The summed E-state index contributed by atoms with van der Waals surface area (Å²) < 4.78 is 0. The summed E-state index contributed by atoms with van der Waals surface area (Å²) in [6, 6.07) is 8.15. The van der Waals surface area contributed by atoms with Gasteiger partial charge in [0.15, 0.2) is 0 Å². The van der Waals surface area contributed by atoms with Crippen LogP contribution in [0.2, 0.25) is 0 Å². The third-order valence-corrected chi connectivity index (χ3v) is 4.74. The highest BCUT2D eigenvalue weighted by molar-refractivity contribution is 5.83. The van der Waals surface area contributed by atoms with Crippen LogP contribution in [-0.2, 0) is 0 Å². The number of fused-ring (bicyclic) bond motifs is 1. The zero-order chi connectivity index (χ0) is 13.8. The first kappa shape index (κ1) is 13.6. The molecule has 1 N–H and O–H groups in total. The van der Waals surface area contributed by atoms with E-state index in [9.17, 15) is 5.11 Å². The van der Waals surface area contributed by atoms with Crippen molar-refractivity contribution < 1.29 is 5.11 Å². The van der Waals surface area contributed by atoms with E-state index in [4.69, 9.17) is 0 Å². The summed E-state index contributed by atoms with van der Waals surface area (Å²) in [5.74, 6) is 1.02. The molecule has 2 aliphatic rings. The summed E-state index contributed by atoms with van der Waals surface area (Å²) in [6.07, 6.45) is 8.53. The third kappa shape index (κ3) is 3.04. The van der Waals surface area contributed by atoms with Gasteiger partial charge in [-0.15, -0.1) is 0 Å². The maximum Gasteiger partial charge on any atom is 0.124 e. The molecule has 1 aromatic carbocycles. The highest BCUT2D eigenvalue weighted by Gasteiger charge is 2.32. The Morgan fingerprint density at radius 2 is 2.00 bits per heavy atom. The Balaban J connectivity index is 1.61. The number of phenols is 1. The number of rotatable bonds is 3. The fraction of sp³-hybridized carbons (Fsp3) is 0.588. The van der Waals surface area contributed by atoms with Gasteiger partial charge in [-0.2, -0.15) is 0 Å². The van der Waals surface area contributed by atoms with Gasteiger partial charge in [0.2, 0.25) is 0 Å². The average Bonchev–Trinajstić information content (AvgIpc) is 2.49. The lowest BCUT2D eigenvalue weighted by Gasteiger charge is -2.43. The third-order valence-electron chi connectivity index (χ3n) is 4.74. The number of benzene rings is 1. The van der Waals surface area contributed by atoms with Gasteiger partial charge in [0.1, 0.15) is 5.75 Å². The summed E-state index contributed by atoms with van der Waals surface area (Å²) in [5.41, 5.74) is 0.823. The molecule has 20 heavy (non-hydrogen) atoms. The van der Waals surface area contributed by atoms with Gasteiger partial charge in [0.05, 0.1) is 0 Å². The highest BCUT2D eigenvalue weighted by Crippen LogP contribution is 2.31. The smallest absolute Gasteiger partial charge is 0.124 e. The minimum atomic E-state index is 0.319. The Morgan fingerprint density at radius 3 is 2.90 bits per heavy atom. The molecule has 2 saturated heterocycles. The highest BCUT2D eigenvalue weighted by atomic mass is 16.3. The van der Waals surface area contributed by atoms with Crippen molar-refractivity contribution in [1.82, 2.24) is 4.90 Å². The molecule has 3 rings (SSSR count). The standard InChI is InChI=1S/C17H24N2O/c20-17-9-2-1-6-15(17)13-18-12-14-7-5-11-19-10-4-3-8-16(14)19/h1-2,6,9,13-14,16,20H,3-5,7-8,10-12H2/t14-,16-/m1/s1. The van der Waals surface area contributed by atoms with E-state index in [-0.39, 0.29) is 0 Å². The van der Waals surface area contributed by atoms with E-state index in [0.717, 1.165) is 18.2 Å². The molecule has 108 valence electrons. The van der Waals surface area contributed by atoms with E-state index in [0.29, 0.717) is 11.7 Å². The van der Waals surface area contributed by atoms with Gasteiger partial charge in [0.25, 0.3) is 0 Å². The van der Waals surface area contributed by atoms with E-state index >= 15 is 0 Å². The molecule has 2 fully saturated rings. The molecular formula is C17H24N2O. The van der Waals surface area contributed by atoms with Crippen LogP contribution in [0, 0.1) is 5.92 Å². The molecule has 1 aromatic rings. The number of aromatic hydroxyl groups is 1. The van der Waals surface area contributed by atoms with Crippen molar-refractivity contribution in [3.05, 3.63) is 29.8 Å². The van der Waals surface area contributed by atoms with Crippen LogP contribution in [0.4, 0.5) is 0 Å². The maximum absolute atomic E-state index is 9.74. The van der Waals surface area contributed by atoms with Crippen LogP contribution >= 0.6 is 0 Å². The van der Waals surface area contributed by atoms with Crippen LogP contribution in [0.15, 0.2) is 29.3 Å². The monoisotopic (exact) mass is 272 g/mol. The topological polar surface area (TPSA) is 35.8 Å². The zero-order valence-corrected chi connectivity index (χ0v) is 12.0. The predicted molar refractivity (Wildman–Crippen MR) is 82.5 cm³/mol. The normalized spacial score (nSPS) is 27.6. The van der Waals surface area contributed by atoms with Crippen molar-refractivity contribution in [1.29, 1.82) is 0 Å². The van der Waals surface area contributed by atoms with E-state index in [1.54, 1.807) is 6.07 Å². The van der Waals surface area contributed by atoms with Gasteiger partial charge in [-0.25, -0.2) is 0 Å². The molecule has 3 nitrogen and oxygen atoms in total. The second-order valence-corrected chi connectivity index (χ2v) is 6.05. The minimum absolute atomic E-state index is 0.319. The fourth-order valence-electron chi connectivity index (χ4n) is 3.67. The van der Waals surface area contributed by atoms with Crippen LogP contribution in [0.25, 0.3) is 0 Å². The van der Waals surface area contributed by atoms with Crippen molar-refractivity contribution in [3.63, 3.8) is 0 Å². The second kappa shape index (κ2) is 6.40. The van der Waals surface area contributed by atoms with Gasteiger partial charge < -0.3 is 10.0 Å². The molecule has 2 atom stereocenters. The molecule has 0 bridgehead atoms. The number of phenolic OH excluding ortho intramolecular Hbond substituents is 1. The Hall–Kier alpha value is -1.35. The molecule has 0 aromatic heterocycles. The quantitative estimate of drug-likeness (QED) is 0.858. The van der Waals surface area contributed by atoms with Gasteiger partial charge in [-0.3, -0.25) is 4.99 Å². The Bertz CT molecular complexity index is 470. The first-order chi connectivity index (χ1) is 9.84. The molecule has 0 saturated carbocycles. The zero-order valence-electron chi connectivity index (χ0n) is 12.0. The molecular weight excluding hydrogens is 248 g/mol.